The Labute approximate surface area is 103 Å². The fourth-order valence-corrected chi connectivity index (χ4v) is 2.14. The largest absolute Gasteiger partial charge is 0.314 e. The van der Waals surface area contributed by atoms with Crippen molar-refractivity contribution < 1.29 is 0 Å². The lowest BCUT2D eigenvalue weighted by Gasteiger charge is -2.22. The minimum absolute atomic E-state index is 0.409. The fourth-order valence-electron chi connectivity index (χ4n) is 1.80. The molecule has 1 N–H and O–H groups in total. The van der Waals surface area contributed by atoms with Crippen LogP contribution in [0, 0.1) is 5.92 Å². The van der Waals surface area contributed by atoms with E-state index in [9.17, 15) is 0 Å². The van der Waals surface area contributed by atoms with Crippen molar-refractivity contribution in [2.24, 2.45) is 13.0 Å². The molecule has 4 heteroatoms. The fraction of sp³-hybridized carbons (Fsp3) is 0.750. The van der Waals surface area contributed by atoms with Gasteiger partial charge in [0.05, 0.1) is 16.9 Å². The van der Waals surface area contributed by atoms with E-state index in [1.807, 2.05) is 11.7 Å². The molecule has 0 aromatic carbocycles. The molecule has 0 aliphatic carbocycles. The van der Waals surface area contributed by atoms with Gasteiger partial charge < -0.3 is 5.32 Å². The predicted octanol–water partition coefficient (Wildman–Crippen LogP) is 2.81. The van der Waals surface area contributed by atoms with Crippen LogP contribution < -0.4 is 5.32 Å². The molecule has 1 aromatic rings. The quantitative estimate of drug-likeness (QED) is 0.862. The van der Waals surface area contributed by atoms with Crippen LogP contribution in [0.3, 0.4) is 0 Å². The Hall–Kier alpha value is -0.540. The van der Waals surface area contributed by atoms with Crippen LogP contribution in [0.1, 0.15) is 39.3 Å². The van der Waals surface area contributed by atoms with Crippen molar-refractivity contribution in [3.8, 4) is 0 Å². The number of halogens is 1. The van der Waals surface area contributed by atoms with Gasteiger partial charge in [-0.1, -0.05) is 39.3 Å². The molecule has 0 bridgehead atoms. The number of hydrogen-bond donors (Lipinski definition) is 1. The summed E-state index contributed by atoms with van der Waals surface area (Å²) in [5.74, 6) is 0.946. The molecule has 16 heavy (non-hydrogen) atoms. The van der Waals surface area contributed by atoms with Crippen molar-refractivity contribution in [2.45, 2.75) is 39.7 Å². The van der Waals surface area contributed by atoms with Gasteiger partial charge in [-0.05, 0) is 12.5 Å². The van der Waals surface area contributed by atoms with E-state index in [-0.39, 0.29) is 0 Å². The van der Waals surface area contributed by atoms with Gasteiger partial charge in [0.25, 0.3) is 0 Å². The van der Waals surface area contributed by atoms with E-state index in [1.165, 1.54) is 0 Å². The van der Waals surface area contributed by atoms with Gasteiger partial charge >= 0.3 is 0 Å². The zero-order valence-electron chi connectivity index (χ0n) is 10.8. The number of aromatic nitrogens is 2. The maximum Gasteiger partial charge on any atom is 0.0820 e. The second-order valence-corrected chi connectivity index (χ2v) is 5.24. The van der Waals surface area contributed by atoms with Crippen molar-refractivity contribution >= 4 is 11.6 Å². The van der Waals surface area contributed by atoms with Crippen molar-refractivity contribution in [3.63, 3.8) is 0 Å². The number of hydrogen-bond acceptors (Lipinski definition) is 2. The summed E-state index contributed by atoms with van der Waals surface area (Å²) in [5.41, 5.74) is 1.12. The molecule has 1 heterocycles. The highest BCUT2D eigenvalue weighted by molar-refractivity contribution is 6.31. The SMILES string of the molecule is CC(C)NCC(C)C(C)c1c(Cl)cnn1C. The molecule has 92 valence electrons. The van der Waals surface area contributed by atoms with Gasteiger partial charge in [-0.15, -0.1) is 0 Å². The second-order valence-electron chi connectivity index (χ2n) is 4.83. The van der Waals surface area contributed by atoms with E-state index in [0.29, 0.717) is 17.9 Å². The number of aryl methyl sites for hydroxylation is 1. The van der Waals surface area contributed by atoms with Gasteiger partial charge in [0, 0.05) is 19.0 Å². The zero-order valence-corrected chi connectivity index (χ0v) is 11.5. The van der Waals surface area contributed by atoms with E-state index >= 15 is 0 Å². The first-order valence-corrected chi connectivity index (χ1v) is 6.22. The smallest absolute Gasteiger partial charge is 0.0820 e. The summed E-state index contributed by atoms with van der Waals surface area (Å²) in [6.07, 6.45) is 1.72. The summed E-state index contributed by atoms with van der Waals surface area (Å²) in [4.78, 5) is 0. The van der Waals surface area contributed by atoms with E-state index < -0.39 is 0 Å². The molecule has 2 unspecified atom stereocenters. The normalized spacial score (nSPS) is 15.4. The Bertz CT molecular complexity index is 314. The third-order valence-corrected chi connectivity index (χ3v) is 3.36. The summed E-state index contributed by atoms with van der Waals surface area (Å²) in [7, 11) is 1.94. The standard InChI is InChI=1S/C12H22ClN3/c1-8(2)14-6-9(3)10(4)12-11(13)7-15-16(12)5/h7-10,14H,6H2,1-5H3. The van der Waals surface area contributed by atoms with E-state index in [4.69, 9.17) is 11.6 Å². The molecule has 1 rings (SSSR count). The molecule has 0 radical (unpaired) electrons. The van der Waals surface area contributed by atoms with Crippen LogP contribution in [0.2, 0.25) is 5.02 Å². The average molecular weight is 244 g/mol. The summed E-state index contributed by atoms with van der Waals surface area (Å²) in [6.45, 7) is 9.77. The van der Waals surface area contributed by atoms with Gasteiger partial charge in [0.1, 0.15) is 0 Å². The highest BCUT2D eigenvalue weighted by Crippen LogP contribution is 2.29. The van der Waals surface area contributed by atoms with Crippen molar-refractivity contribution in [3.05, 3.63) is 16.9 Å². The summed E-state index contributed by atoms with van der Waals surface area (Å²) >= 11 is 6.14. The molecular weight excluding hydrogens is 222 g/mol. The van der Waals surface area contributed by atoms with Gasteiger partial charge in [-0.2, -0.15) is 5.10 Å². The minimum Gasteiger partial charge on any atom is -0.314 e. The lowest BCUT2D eigenvalue weighted by atomic mass is 9.92. The number of rotatable bonds is 5. The Balaban J connectivity index is 2.66. The summed E-state index contributed by atoms with van der Waals surface area (Å²) < 4.78 is 1.87. The molecule has 0 saturated heterocycles. The molecule has 0 amide bonds. The first kappa shape index (κ1) is 13.5. The second kappa shape index (κ2) is 5.69. The molecular formula is C12H22ClN3. The van der Waals surface area contributed by atoms with Gasteiger partial charge in [0.15, 0.2) is 0 Å². The van der Waals surface area contributed by atoms with Crippen LogP contribution in [0.4, 0.5) is 0 Å². The van der Waals surface area contributed by atoms with Crippen molar-refractivity contribution in [1.29, 1.82) is 0 Å². The van der Waals surface area contributed by atoms with Crippen LogP contribution in [-0.4, -0.2) is 22.4 Å². The Morgan fingerprint density at radius 3 is 2.44 bits per heavy atom. The third-order valence-electron chi connectivity index (χ3n) is 3.07. The topological polar surface area (TPSA) is 29.9 Å². The maximum atomic E-state index is 6.14. The maximum absolute atomic E-state index is 6.14. The van der Waals surface area contributed by atoms with E-state index in [1.54, 1.807) is 6.20 Å². The lowest BCUT2D eigenvalue weighted by Crippen LogP contribution is -2.30. The van der Waals surface area contributed by atoms with Crippen molar-refractivity contribution in [2.75, 3.05) is 6.54 Å². The number of nitrogens with one attached hydrogen (secondary N) is 1. The molecule has 1 aromatic heterocycles. The minimum atomic E-state index is 0.409. The summed E-state index contributed by atoms with van der Waals surface area (Å²) in [6, 6.07) is 0.525. The third kappa shape index (κ3) is 3.22. The Morgan fingerprint density at radius 1 is 1.38 bits per heavy atom. The predicted molar refractivity (Wildman–Crippen MR) is 68.9 cm³/mol. The van der Waals surface area contributed by atoms with Gasteiger partial charge in [-0.25, -0.2) is 0 Å². The Morgan fingerprint density at radius 2 is 2.00 bits per heavy atom. The summed E-state index contributed by atoms with van der Waals surface area (Å²) in [5, 5.41) is 8.40. The van der Waals surface area contributed by atoms with Crippen LogP contribution in [-0.2, 0) is 7.05 Å². The molecule has 3 nitrogen and oxygen atoms in total. The van der Waals surface area contributed by atoms with Gasteiger partial charge in [0.2, 0.25) is 0 Å². The first-order valence-electron chi connectivity index (χ1n) is 5.84. The molecule has 0 saturated carbocycles. The highest BCUT2D eigenvalue weighted by Gasteiger charge is 2.20. The first-order chi connectivity index (χ1) is 7.43. The molecule has 2 atom stereocenters. The van der Waals surface area contributed by atoms with Gasteiger partial charge in [-0.3, -0.25) is 4.68 Å². The van der Waals surface area contributed by atoms with E-state index in [0.717, 1.165) is 17.3 Å². The van der Waals surface area contributed by atoms with Crippen LogP contribution in [0.15, 0.2) is 6.20 Å². The average Bonchev–Trinajstić information content (AvgIpc) is 2.54. The van der Waals surface area contributed by atoms with E-state index in [2.05, 4.69) is 38.1 Å². The highest BCUT2D eigenvalue weighted by atomic mass is 35.5. The number of nitrogens with zero attached hydrogens (tertiary/aromatic N) is 2. The Kier molecular flexibility index (Phi) is 4.81. The zero-order chi connectivity index (χ0) is 12.3. The molecule has 0 aliphatic rings. The van der Waals surface area contributed by atoms with Crippen molar-refractivity contribution in [1.82, 2.24) is 15.1 Å². The molecule has 0 aliphatic heterocycles. The van der Waals surface area contributed by atoms with Crippen LogP contribution in [0.5, 0.6) is 0 Å². The monoisotopic (exact) mass is 243 g/mol. The van der Waals surface area contributed by atoms with Crippen LogP contribution >= 0.6 is 11.6 Å². The lowest BCUT2D eigenvalue weighted by molar-refractivity contribution is 0.412. The molecule has 0 spiro atoms. The molecule has 0 fully saturated rings. The van der Waals surface area contributed by atoms with Crippen LogP contribution in [0.25, 0.3) is 0 Å².